The Balaban J connectivity index is 2.51. The van der Waals surface area contributed by atoms with Crippen molar-refractivity contribution in [3.05, 3.63) is 0 Å². The molecule has 0 bridgehead atoms. The highest BCUT2D eigenvalue weighted by atomic mass is 16.1. The van der Waals surface area contributed by atoms with Gasteiger partial charge in [0.25, 0.3) is 0 Å². The lowest BCUT2D eigenvalue weighted by atomic mass is 9.90. The average molecular weight is 142 g/mol. The molecule has 0 saturated carbocycles. The fraction of sp³-hybridized carbons (Fsp3) is 0.857. The standard InChI is InChI=1S/C7H14N2O/c1-7(2)3-5(6(8)10)9-4-7/h5,9H,3-4H2,1-2H3,(H2,8,10). The van der Waals surface area contributed by atoms with Crippen LogP contribution in [0.2, 0.25) is 0 Å². The molecule has 1 amide bonds. The van der Waals surface area contributed by atoms with Gasteiger partial charge in [-0.05, 0) is 11.8 Å². The van der Waals surface area contributed by atoms with Crippen LogP contribution in [0.25, 0.3) is 0 Å². The third-order valence-corrected chi connectivity index (χ3v) is 1.93. The molecule has 1 saturated heterocycles. The molecule has 0 aromatic heterocycles. The van der Waals surface area contributed by atoms with E-state index in [1.807, 2.05) is 0 Å². The van der Waals surface area contributed by atoms with Gasteiger partial charge in [-0.25, -0.2) is 0 Å². The molecule has 1 rings (SSSR count). The fourth-order valence-electron chi connectivity index (χ4n) is 1.30. The van der Waals surface area contributed by atoms with E-state index >= 15 is 0 Å². The molecule has 3 N–H and O–H groups in total. The molecule has 1 heterocycles. The Kier molecular flexibility index (Phi) is 1.68. The molecule has 1 atom stereocenters. The van der Waals surface area contributed by atoms with E-state index in [1.165, 1.54) is 0 Å². The second-order valence-corrected chi connectivity index (χ2v) is 3.70. The summed E-state index contributed by atoms with van der Waals surface area (Å²) in [5.74, 6) is -0.231. The average Bonchev–Trinajstić information content (AvgIpc) is 2.10. The molecule has 10 heavy (non-hydrogen) atoms. The minimum absolute atomic E-state index is 0.102. The summed E-state index contributed by atoms with van der Waals surface area (Å²) in [4.78, 5) is 10.6. The van der Waals surface area contributed by atoms with Crippen molar-refractivity contribution in [2.24, 2.45) is 11.1 Å². The number of carbonyl (C=O) groups is 1. The molecule has 0 aromatic carbocycles. The maximum absolute atomic E-state index is 10.6. The largest absolute Gasteiger partial charge is 0.368 e. The fourth-order valence-corrected chi connectivity index (χ4v) is 1.30. The Morgan fingerprint density at radius 3 is 2.50 bits per heavy atom. The van der Waals surface area contributed by atoms with E-state index in [0.29, 0.717) is 0 Å². The molecule has 1 aliphatic heterocycles. The summed E-state index contributed by atoms with van der Waals surface area (Å²) in [6, 6.07) is -0.102. The maximum atomic E-state index is 10.6. The Bertz CT molecular complexity index is 154. The van der Waals surface area contributed by atoms with Crippen molar-refractivity contribution < 1.29 is 4.79 Å². The van der Waals surface area contributed by atoms with Gasteiger partial charge in [0.05, 0.1) is 6.04 Å². The van der Waals surface area contributed by atoms with Crippen LogP contribution in [0.4, 0.5) is 0 Å². The minimum Gasteiger partial charge on any atom is -0.368 e. The van der Waals surface area contributed by atoms with Crippen LogP contribution in [0.15, 0.2) is 0 Å². The monoisotopic (exact) mass is 142 g/mol. The van der Waals surface area contributed by atoms with Crippen molar-refractivity contribution in [2.45, 2.75) is 26.3 Å². The topological polar surface area (TPSA) is 55.1 Å². The van der Waals surface area contributed by atoms with Gasteiger partial charge in [-0.3, -0.25) is 4.79 Å². The Labute approximate surface area is 61.0 Å². The van der Waals surface area contributed by atoms with Gasteiger partial charge in [-0.2, -0.15) is 0 Å². The van der Waals surface area contributed by atoms with Gasteiger partial charge in [0.1, 0.15) is 0 Å². The van der Waals surface area contributed by atoms with E-state index in [1.54, 1.807) is 0 Å². The molecule has 1 fully saturated rings. The van der Waals surface area contributed by atoms with Gasteiger partial charge in [-0.1, -0.05) is 13.8 Å². The number of carbonyl (C=O) groups excluding carboxylic acids is 1. The molecule has 58 valence electrons. The van der Waals surface area contributed by atoms with E-state index in [2.05, 4.69) is 19.2 Å². The van der Waals surface area contributed by atoms with E-state index in [0.717, 1.165) is 13.0 Å². The molecule has 0 aromatic rings. The van der Waals surface area contributed by atoms with Crippen molar-refractivity contribution >= 4 is 5.91 Å². The lowest BCUT2D eigenvalue weighted by Crippen LogP contribution is -2.36. The summed E-state index contributed by atoms with van der Waals surface area (Å²) < 4.78 is 0. The number of hydrogen-bond acceptors (Lipinski definition) is 2. The van der Waals surface area contributed by atoms with Crippen LogP contribution < -0.4 is 11.1 Å². The van der Waals surface area contributed by atoms with Crippen LogP contribution in [-0.4, -0.2) is 18.5 Å². The Morgan fingerprint density at radius 2 is 2.30 bits per heavy atom. The summed E-state index contributed by atoms with van der Waals surface area (Å²) in [6.45, 7) is 5.15. The molecule has 0 radical (unpaired) electrons. The summed E-state index contributed by atoms with van der Waals surface area (Å²) >= 11 is 0. The second kappa shape index (κ2) is 2.23. The van der Waals surface area contributed by atoms with Gasteiger partial charge in [-0.15, -0.1) is 0 Å². The molecule has 1 unspecified atom stereocenters. The second-order valence-electron chi connectivity index (χ2n) is 3.70. The SMILES string of the molecule is CC1(C)CNC(C(N)=O)C1. The number of amides is 1. The van der Waals surface area contributed by atoms with Crippen molar-refractivity contribution in [2.75, 3.05) is 6.54 Å². The molecule has 3 heteroatoms. The minimum atomic E-state index is -0.231. The molecular weight excluding hydrogens is 128 g/mol. The third-order valence-electron chi connectivity index (χ3n) is 1.93. The molecule has 0 aliphatic carbocycles. The van der Waals surface area contributed by atoms with E-state index in [9.17, 15) is 4.79 Å². The lowest BCUT2D eigenvalue weighted by Gasteiger charge is -2.13. The summed E-state index contributed by atoms with van der Waals surface area (Å²) in [7, 11) is 0. The van der Waals surface area contributed by atoms with Gasteiger partial charge < -0.3 is 11.1 Å². The number of nitrogens with two attached hydrogens (primary N) is 1. The van der Waals surface area contributed by atoms with Crippen LogP contribution >= 0.6 is 0 Å². The first kappa shape index (κ1) is 7.54. The highest BCUT2D eigenvalue weighted by molar-refractivity contribution is 5.80. The van der Waals surface area contributed by atoms with Crippen LogP contribution in [0.5, 0.6) is 0 Å². The molecule has 1 aliphatic rings. The summed E-state index contributed by atoms with van der Waals surface area (Å²) in [5, 5.41) is 3.07. The molecule has 0 spiro atoms. The summed E-state index contributed by atoms with van der Waals surface area (Å²) in [5.41, 5.74) is 5.35. The smallest absolute Gasteiger partial charge is 0.234 e. The van der Waals surface area contributed by atoms with E-state index in [-0.39, 0.29) is 17.4 Å². The van der Waals surface area contributed by atoms with E-state index in [4.69, 9.17) is 5.73 Å². The zero-order valence-electron chi connectivity index (χ0n) is 6.48. The predicted molar refractivity (Wildman–Crippen MR) is 39.4 cm³/mol. The first-order valence-corrected chi connectivity index (χ1v) is 3.54. The van der Waals surface area contributed by atoms with Gasteiger partial charge in [0.2, 0.25) is 5.91 Å². The van der Waals surface area contributed by atoms with Gasteiger partial charge >= 0.3 is 0 Å². The van der Waals surface area contributed by atoms with E-state index < -0.39 is 0 Å². The number of primary amides is 1. The highest BCUT2D eigenvalue weighted by Gasteiger charge is 2.33. The first-order chi connectivity index (χ1) is 4.51. The van der Waals surface area contributed by atoms with Crippen LogP contribution in [0.1, 0.15) is 20.3 Å². The van der Waals surface area contributed by atoms with Gasteiger partial charge in [0.15, 0.2) is 0 Å². The third kappa shape index (κ3) is 1.48. The zero-order chi connectivity index (χ0) is 7.78. The predicted octanol–water partition coefficient (Wildman–Crippen LogP) is -0.140. The Hall–Kier alpha value is -0.570. The first-order valence-electron chi connectivity index (χ1n) is 3.54. The van der Waals surface area contributed by atoms with Crippen molar-refractivity contribution in [1.29, 1.82) is 0 Å². The molecular formula is C7H14N2O. The summed E-state index contributed by atoms with van der Waals surface area (Å²) in [6.07, 6.45) is 0.863. The Morgan fingerprint density at radius 1 is 1.70 bits per heavy atom. The lowest BCUT2D eigenvalue weighted by molar-refractivity contribution is -0.119. The van der Waals surface area contributed by atoms with Gasteiger partial charge in [0, 0.05) is 6.54 Å². The van der Waals surface area contributed by atoms with Crippen LogP contribution in [0, 0.1) is 5.41 Å². The van der Waals surface area contributed by atoms with Crippen molar-refractivity contribution in [3.8, 4) is 0 Å². The number of hydrogen-bond donors (Lipinski definition) is 2. The van der Waals surface area contributed by atoms with Crippen molar-refractivity contribution in [1.82, 2.24) is 5.32 Å². The van der Waals surface area contributed by atoms with Crippen molar-refractivity contribution in [3.63, 3.8) is 0 Å². The van der Waals surface area contributed by atoms with Crippen LogP contribution in [-0.2, 0) is 4.79 Å². The quantitative estimate of drug-likeness (QED) is 0.535. The normalized spacial score (nSPS) is 30.4. The van der Waals surface area contributed by atoms with Crippen LogP contribution in [0.3, 0.4) is 0 Å². The zero-order valence-corrected chi connectivity index (χ0v) is 6.48. The highest BCUT2D eigenvalue weighted by Crippen LogP contribution is 2.26. The number of rotatable bonds is 1. The number of nitrogens with one attached hydrogen (secondary N) is 1. The molecule has 3 nitrogen and oxygen atoms in total. The maximum Gasteiger partial charge on any atom is 0.234 e.